The van der Waals surface area contributed by atoms with Crippen LogP contribution in [-0.4, -0.2) is 30.9 Å². The van der Waals surface area contributed by atoms with Gasteiger partial charge in [0.1, 0.15) is 0 Å². The molecule has 1 fully saturated rings. The van der Waals surface area contributed by atoms with E-state index in [4.69, 9.17) is 0 Å². The summed E-state index contributed by atoms with van der Waals surface area (Å²) in [7, 11) is 2.17. The second-order valence-corrected chi connectivity index (χ2v) is 5.77. The lowest BCUT2D eigenvalue weighted by molar-refractivity contribution is -0.116. The van der Waals surface area contributed by atoms with Crippen LogP contribution in [0, 0.1) is 5.92 Å². The van der Waals surface area contributed by atoms with Gasteiger partial charge in [-0.3, -0.25) is 9.69 Å². The first kappa shape index (κ1) is 13.3. The van der Waals surface area contributed by atoms with Crippen LogP contribution in [0.25, 0.3) is 0 Å². The Balaban J connectivity index is 2.06. The number of rotatable bonds is 4. The molecule has 0 radical (unpaired) electrons. The van der Waals surface area contributed by atoms with Gasteiger partial charge in [0, 0.05) is 17.5 Å². The molecule has 0 spiro atoms. The zero-order chi connectivity index (χ0) is 13.0. The maximum atomic E-state index is 11.3. The predicted molar refractivity (Wildman–Crippen MR) is 75.6 cm³/mol. The molecule has 1 aromatic rings. The van der Waals surface area contributed by atoms with E-state index in [9.17, 15) is 4.79 Å². The molecule has 1 aromatic heterocycles. The van der Waals surface area contributed by atoms with Gasteiger partial charge in [-0.25, -0.2) is 0 Å². The Labute approximate surface area is 112 Å². The molecule has 2 atom stereocenters. The van der Waals surface area contributed by atoms with Crippen molar-refractivity contribution in [2.24, 2.45) is 5.92 Å². The zero-order valence-electron chi connectivity index (χ0n) is 10.8. The van der Waals surface area contributed by atoms with Gasteiger partial charge >= 0.3 is 0 Å². The van der Waals surface area contributed by atoms with Crippen molar-refractivity contribution >= 4 is 17.2 Å². The molecule has 1 N–H and O–H groups in total. The smallest absolute Gasteiger partial charge is 0.243 e. The normalized spacial score (nSPS) is 24.7. The third kappa shape index (κ3) is 3.00. The summed E-state index contributed by atoms with van der Waals surface area (Å²) in [4.78, 5) is 15.1. The highest BCUT2D eigenvalue weighted by atomic mass is 32.1. The average Bonchev–Trinajstić information content (AvgIpc) is 2.89. The summed E-state index contributed by atoms with van der Waals surface area (Å²) in [6.45, 7) is 5.36. The van der Waals surface area contributed by atoms with Crippen molar-refractivity contribution in [3.63, 3.8) is 0 Å². The van der Waals surface area contributed by atoms with Crippen molar-refractivity contribution in [3.8, 4) is 0 Å². The molecule has 2 rings (SSSR count). The maximum absolute atomic E-state index is 11.3. The first-order valence-electron chi connectivity index (χ1n) is 6.36. The van der Waals surface area contributed by atoms with Crippen LogP contribution in [0.1, 0.15) is 23.8 Å². The van der Waals surface area contributed by atoms with Crippen LogP contribution < -0.4 is 5.32 Å². The molecule has 18 heavy (non-hydrogen) atoms. The molecule has 3 nitrogen and oxygen atoms in total. The Morgan fingerprint density at radius 2 is 2.56 bits per heavy atom. The number of piperidine rings is 1. The maximum Gasteiger partial charge on any atom is 0.243 e. The van der Waals surface area contributed by atoms with Crippen molar-refractivity contribution in [1.29, 1.82) is 0 Å². The minimum Gasteiger partial charge on any atom is -0.352 e. The van der Waals surface area contributed by atoms with Gasteiger partial charge in [0.2, 0.25) is 5.91 Å². The molecule has 1 amide bonds. The third-order valence-corrected chi connectivity index (χ3v) is 4.51. The number of nitrogens with zero attached hydrogens (tertiary/aromatic N) is 1. The number of hydrogen-bond acceptors (Lipinski definition) is 3. The van der Waals surface area contributed by atoms with Crippen LogP contribution in [0.2, 0.25) is 0 Å². The van der Waals surface area contributed by atoms with Crippen LogP contribution in [0.15, 0.2) is 30.2 Å². The summed E-state index contributed by atoms with van der Waals surface area (Å²) in [5.74, 6) is 0.416. The standard InChI is InChI=1S/C14H20N2OS/c1-3-13(17)15-10-11-6-4-8-16(2)14(11)12-7-5-9-18-12/h3,5,7,9,11,14H,1,4,6,8,10H2,2H3,(H,15,17). The summed E-state index contributed by atoms with van der Waals surface area (Å²) in [6.07, 6.45) is 3.71. The zero-order valence-corrected chi connectivity index (χ0v) is 11.6. The first-order chi connectivity index (χ1) is 8.72. The molecule has 98 valence electrons. The van der Waals surface area contributed by atoms with Gasteiger partial charge in [0.05, 0.1) is 0 Å². The fraction of sp³-hybridized carbons (Fsp3) is 0.500. The van der Waals surface area contributed by atoms with Crippen molar-refractivity contribution < 1.29 is 4.79 Å². The summed E-state index contributed by atoms with van der Waals surface area (Å²) >= 11 is 1.80. The van der Waals surface area contributed by atoms with Crippen LogP contribution in [0.3, 0.4) is 0 Å². The number of carbonyl (C=O) groups is 1. The topological polar surface area (TPSA) is 32.3 Å². The van der Waals surface area contributed by atoms with Crippen molar-refractivity contribution in [2.45, 2.75) is 18.9 Å². The third-order valence-electron chi connectivity index (χ3n) is 3.57. The second kappa shape index (κ2) is 6.16. The molecule has 0 aliphatic carbocycles. The van der Waals surface area contributed by atoms with Gasteiger partial charge in [-0.2, -0.15) is 0 Å². The summed E-state index contributed by atoms with van der Waals surface area (Å²) in [6, 6.07) is 4.73. The number of carbonyl (C=O) groups excluding carboxylic acids is 1. The number of hydrogen-bond donors (Lipinski definition) is 1. The fourth-order valence-electron chi connectivity index (χ4n) is 2.69. The molecule has 0 aromatic carbocycles. The highest BCUT2D eigenvalue weighted by Crippen LogP contribution is 2.36. The Morgan fingerprint density at radius 3 is 3.22 bits per heavy atom. The highest BCUT2D eigenvalue weighted by molar-refractivity contribution is 7.10. The second-order valence-electron chi connectivity index (χ2n) is 4.79. The molecule has 0 saturated carbocycles. The van der Waals surface area contributed by atoms with Crippen LogP contribution in [0.4, 0.5) is 0 Å². The Morgan fingerprint density at radius 1 is 1.72 bits per heavy atom. The van der Waals surface area contributed by atoms with Gasteiger partial charge in [-0.15, -0.1) is 11.3 Å². The van der Waals surface area contributed by atoms with Gasteiger partial charge in [-0.1, -0.05) is 12.6 Å². The van der Waals surface area contributed by atoms with E-state index in [1.54, 1.807) is 11.3 Å². The molecule has 2 heterocycles. The van der Waals surface area contributed by atoms with E-state index in [0.717, 1.165) is 13.1 Å². The lowest BCUT2D eigenvalue weighted by Gasteiger charge is -2.38. The lowest BCUT2D eigenvalue weighted by Crippen LogP contribution is -2.41. The predicted octanol–water partition coefficient (Wildman–Crippen LogP) is 2.43. The molecule has 1 aliphatic rings. The molecular weight excluding hydrogens is 244 g/mol. The van der Waals surface area contributed by atoms with E-state index in [2.05, 4.69) is 41.4 Å². The van der Waals surface area contributed by atoms with Gasteiger partial charge < -0.3 is 5.32 Å². The summed E-state index contributed by atoms with van der Waals surface area (Å²) < 4.78 is 0. The number of thiophene rings is 1. The first-order valence-corrected chi connectivity index (χ1v) is 7.24. The molecule has 1 aliphatic heterocycles. The van der Waals surface area contributed by atoms with E-state index in [0.29, 0.717) is 12.0 Å². The van der Waals surface area contributed by atoms with Crippen molar-refractivity contribution in [2.75, 3.05) is 20.1 Å². The van der Waals surface area contributed by atoms with Crippen LogP contribution in [0.5, 0.6) is 0 Å². The molecule has 0 bridgehead atoms. The van der Waals surface area contributed by atoms with Gasteiger partial charge in [0.25, 0.3) is 0 Å². The minimum absolute atomic E-state index is 0.0758. The SMILES string of the molecule is C=CC(=O)NCC1CCCN(C)C1c1cccs1. The van der Waals surface area contributed by atoms with Crippen LogP contribution in [-0.2, 0) is 4.79 Å². The van der Waals surface area contributed by atoms with E-state index in [1.807, 2.05) is 0 Å². The number of nitrogens with one attached hydrogen (secondary N) is 1. The average molecular weight is 264 g/mol. The Bertz CT molecular complexity index is 402. The minimum atomic E-state index is -0.0758. The van der Waals surface area contributed by atoms with Crippen LogP contribution >= 0.6 is 11.3 Å². The lowest BCUT2D eigenvalue weighted by atomic mass is 9.88. The number of likely N-dealkylation sites (tertiary alicyclic amines) is 1. The number of amides is 1. The highest BCUT2D eigenvalue weighted by Gasteiger charge is 2.31. The van der Waals surface area contributed by atoms with Crippen molar-refractivity contribution in [3.05, 3.63) is 35.0 Å². The molecular formula is C14H20N2OS. The van der Waals surface area contributed by atoms with E-state index >= 15 is 0 Å². The largest absolute Gasteiger partial charge is 0.352 e. The summed E-state index contributed by atoms with van der Waals surface area (Å²) in [5, 5.41) is 5.06. The molecule has 1 saturated heterocycles. The Hall–Kier alpha value is -1.13. The van der Waals surface area contributed by atoms with E-state index in [-0.39, 0.29) is 5.91 Å². The molecule has 2 unspecified atom stereocenters. The van der Waals surface area contributed by atoms with Gasteiger partial charge in [0.15, 0.2) is 0 Å². The molecule has 4 heteroatoms. The van der Waals surface area contributed by atoms with E-state index in [1.165, 1.54) is 23.8 Å². The monoisotopic (exact) mass is 264 g/mol. The van der Waals surface area contributed by atoms with Crippen molar-refractivity contribution in [1.82, 2.24) is 10.2 Å². The fourth-order valence-corrected chi connectivity index (χ4v) is 3.67. The Kier molecular flexibility index (Phi) is 4.55. The quantitative estimate of drug-likeness (QED) is 0.847. The summed E-state index contributed by atoms with van der Waals surface area (Å²) in [5.41, 5.74) is 0. The van der Waals surface area contributed by atoms with Gasteiger partial charge in [-0.05, 0) is 49.9 Å². The van der Waals surface area contributed by atoms with E-state index < -0.39 is 0 Å².